The van der Waals surface area contributed by atoms with Crippen LogP contribution in [0.1, 0.15) is 19.4 Å². The summed E-state index contributed by atoms with van der Waals surface area (Å²) in [6.07, 6.45) is 0. The van der Waals surface area contributed by atoms with Crippen LogP contribution in [-0.4, -0.2) is 24.4 Å². The molecular formula is C12H14N2O2. The molecule has 0 spiro atoms. The topological polar surface area (TPSA) is 50.7 Å². The van der Waals surface area contributed by atoms with E-state index in [9.17, 15) is 4.79 Å². The molecule has 1 aliphatic rings. The number of amidine groups is 1. The Hall–Kier alpha value is -1.84. The minimum absolute atomic E-state index is 0.0585. The van der Waals surface area contributed by atoms with Crippen molar-refractivity contribution < 1.29 is 9.53 Å². The maximum atomic E-state index is 11.3. The number of amides is 1. The number of nitrogens with zero attached hydrogens (tertiary/aromatic N) is 1. The molecule has 0 saturated carbocycles. The smallest absolute Gasteiger partial charge is 0.250 e. The molecule has 16 heavy (non-hydrogen) atoms. The van der Waals surface area contributed by atoms with Gasteiger partial charge in [-0.05, 0) is 26.0 Å². The van der Waals surface area contributed by atoms with Crippen molar-refractivity contribution in [2.45, 2.75) is 19.9 Å². The second-order valence-electron chi connectivity index (χ2n) is 3.60. The third kappa shape index (κ3) is 2.05. The largest absolute Gasteiger partial charge is 0.494 e. The number of benzene rings is 1. The normalized spacial score (nSPS) is 19.2. The first kappa shape index (κ1) is 10.7. The number of hydrogen-bond acceptors (Lipinski definition) is 3. The van der Waals surface area contributed by atoms with E-state index in [1.807, 2.05) is 31.2 Å². The van der Waals surface area contributed by atoms with E-state index in [1.54, 1.807) is 6.92 Å². The zero-order chi connectivity index (χ0) is 11.5. The lowest BCUT2D eigenvalue weighted by atomic mass is 10.2. The van der Waals surface area contributed by atoms with Gasteiger partial charge in [0.15, 0.2) is 0 Å². The van der Waals surface area contributed by atoms with Crippen LogP contribution in [0.3, 0.4) is 0 Å². The number of carbonyl (C=O) groups is 1. The van der Waals surface area contributed by atoms with Gasteiger partial charge in [0.2, 0.25) is 5.91 Å². The van der Waals surface area contributed by atoms with Gasteiger partial charge < -0.3 is 10.1 Å². The summed E-state index contributed by atoms with van der Waals surface area (Å²) < 4.78 is 5.39. The molecule has 1 amide bonds. The number of nitrogens with one attached hydrogen (secondary N) is 1. The van der Waals surface area contributed by atoms with Gasteiger partial charge in [-0.25, -0.2) is 0 Å². The van der Waals surface area contributed by atoms with Gasteiger partial charge in [-0.2, -0.15) is 0 Å². The molecule has 0 radical (unpaired) electrons. The SMILES string of the molecule is CCOc1cccc(C2=NC(C)C(=O)N2)c1. The lowest BCUT2D eigenvalue weighted by Gasteiger charge is -2.05. The summed E-state index contributed by atoms with van der Waals surface area (Å²) in [5.74, 6) is 1.35. The Morgan fingerprint density at radius 1 is 1.50 bits per heavy atom. The highest BCUT2D eigenvalue weighted by atomic mass is 16.5. The summed E-state index contributed by atoms with van der Waals surface area (Å²) in [5.41, 5.74) is 0.878. The Labute approximate surface area is 94.3 Å². The number of ether oxygens (including phenoxy) is 1. The van der Waals surface area contributed by atoms with E-state index in [2.05, 4.69) is 10.3 Å². The second-order valence-corrected chi connectivity index (χ2v) is 3.60. The first-order chi connectivity index (χ1) is 7.70. The Kier molecular flexibility index (Phi) is 2.90. The molecule has 1 N–H and O–H groups in total. The predicted molar refractivity (Wildman–Crippen MR) is 61.8 cm³/mol. The summed E-state index contributed by atoms with van der Waals surface area (Å²) in [7, 11) is 0. The van der Waals surface area contributed by atoms with Gasteiger partial charge in [-0.1, -0.05) is 12.1 Å². The molecule has 1 atom stereocenters. The van der Waals surface area contributed by atoms with Crippen LogP contribution >= 0.6 is 0 Å². The molecule has 1 aliphatic heterocycles. The Morgan fingerprint density at radius 2 is 2.31 bits per heavy atom. The van der Waals surface area contributed by atoms with E-state index < -0.39 is 0 Å². The fourth-order valence-electron chi connectivity index (χ4n) is 1.55. The standard InChI is InChI=1S/C12H14N2O2/c1-3-16-10-6-4-5-9(7-10)11-13-8(2)12(15)14-11/h4-8H,3H2,1-2H3,(H,13,14,15). The minimum atomic E-state index is -0.300. The Bertz CT molecular complexity index is 440. The molecule has 84 valence electrons. The zero-order valence-corrected chi connectivity index (χ0v) is 9.36. The summed E-state index contributed by atoms with van der Waals surface area (Å²) >= 11 is 0. The van der Waals surface area contributed by atoms with Gasteiger partial charge in [0.05, 0.1) is 6.61 Å². The molecule has 2 rings (SSSR count). The predicted octanol–water partition coefficient (Wildman–Crippen LogP) is 1.35. The summed E-state index contributed by atoms with van der Waals surface area (Å²) in [4.78, 5) is 15.6. The molecule has 0 aromatic heterocycles. The first-order valence-electron chi connectivity index (χ1n) is 5.32. The summed E-state index contributed by atoms with van der Waals surface area (Å²) in [6.45, 7) is 4.33. The monoisotopic (exact) mass is 218 g/mol. The van der Waals surface area contributed by atoms with Crippen LogP contribution in [0.4, 0.5) is 0 Å². The van der Waals surface area contributed by atoms with Crippen molar-refractivity contribution >= 4 is 11.7 Å². The van der Waals surface area contributed by atoms with Crippen LogP contribution in [0, 0.1) is 0 Å². The molecule has 0 bridgehead atoms. The van der Waals surface area contributed by atoms with Crippen molar-refractivity contribution in [2.24, 2.45) is 4.99 Å². The molecule has 1 unspecified atom stereocenters. The quantitative estimate of drug-likeness (QED) is 0.832. The third-order valence-electron chi connectivity index (χ3n) is 2.36. The number of aliphatic imine (C=N–C) groups is 1. The van der Waals surface area contributed by atoms with E-state index in [0.29, 0.717) is 12.4 Å². The van der Waals surface area contributed by atoms with Gasteiger partial charge in [-0.3, -0.25) is 9.79 Å². The lowest BCUT2D eigenvalue weighted by Crippen LogP contribution is -2.27. The highest BCUT2D eigenvalue weighted by molar-refractivity contribution is 6.13. The second kappa shape index (κ2) is 4.35. The van der Waals surface area contributed by atoms with E-state index in [1.165, 1.54) is 0 Å². The van der Waals surface area contributed by atoms with Crippen LogP contribution < -0.4 is 10.1 Å². The zero-order valence-electron chi connectivity index (χ0n) is 9.36. The number of carbonyl (C=O) groups excluding carboxylic acids is 1. The van der Waals surface area contributed by atoms with Crippen molar-refractivity contribution in [2.75, 3.05) is 6.61 Å². The highest BCUT2D eigenvalue weighted by Crippen LogP contribution is 2.15. The minimum Gasteiger partial charge on any atom is -0.494 e. The third-order valence-corrected chi connectivity index (χ3v) is 2.36. The molecule has 0 aliphatic carbocycles. The Morgan fingerprint density at radius 3 is 2.94 bits per heavy atom. The lowest BCUT2D eigenvalue weighted by molar-refractivity contribution is -0.119. The molecule has 0 fully saturated rings. The molecule has 1 aromatic rings. The fourth-order valence-corrected chi connectivity index (χ4v) is 1.55. The van der Waals surface area contributed by atoms with Crippen molar-refractivity contribution in [1.82, 2.24) is 5.32 Å². The van der Waals surface area contributed by atoms with Gasteiger partial charge in [-0.15, -0.1) is 0 Å². The van der Waals surface area contributed by atoms with Crippen molar-refractivity contribution in [3.8, 4) is 5.75 Å². The van der Waals surface area contributed by atoms with Crippen molar-refractivity contribution in [1.29, 1.82) is 0 Å². The van der Waals surface area contributed by atoms with E-state index in [0.717, 1.165) is 11.3 Å². The van der Waals surface area contributed by atoms with E-state index >= 15 is 0 Å². The van der Waals surface area contributed by atoms with Crippen LogP contribution in [0.15, 0.2) is 29.3 Å². The fraction of sp³-hybridized carbons (Fsp3) is 0.333. The van der Waals surface area contributed by atoms with E-state index in [4.69, 9.17) is 4.74 Å². The van der Waals surface area contributed by atoms with Crippen molar-refractivity contribution in [3.05, 3.63) is 29.8 Å². The summed E-state index contributed by atoms with van der Waals surface area (Å²) in [6, 6.07) is 7.25. The maximum Gasteiger partial charge on any atom is 0.250 e. The number of hydrogen-bond donors (Lipinski definition) is 1. The molecule has 1 heterocycles. The van der Waals surface area contributed by atoms with Gasteiger partial charge >= 0.3 is 0 Å². The average Bonchev–Trinajstić information content (AvgIpc) is 2.60. The van der Waals surface area contributed by atoms with Gasteiger partial charge in [0.1, 0.15) is 17.6 Å². The molecule has 1 aromatic carbocycles. The Balaban J connectivity index is 2.24. The molecule has 4 heteroatoms. The molecule has 0 saturated heterocycles. The van der Waals surface area contributed by atoms with Crippen LogP contribution in [0.25, 0.3) is 0 Å². The average molecular weight is 218 g/mol. The van der Waals surface area contributed by atoms with Gasteiger partial charge in [0, 0.05) is 5.56 Å². The highest BCUT2D eigenvalue weighted by Gasteiger charge is 2.22. The van der Waals surface area contributed by atoms with Crippen molar-refractivity contribution in [3.63, 3.8) is 0 Å². The van der Waals surface area contributed by atoms with Gasteiger partial charge in [0.25, 0.3) is 0 Å². The first-order valence-corrected chi connectivity index (χ1v) is 5.32. The van der Waals surface area contributed by atoms with E-state index in [-0.39, 0.29) is 11.9 Å². The summed E-state index contributed by atoms with van der Waals surface area (Å²) in [5, 5.41) is 2.74. The van der Waals surface area contributed by atoms with Crippen LogP contribution in [0.5, 0.6) is 5.75 Å². The molecule has 4 nitrogen and oxygen atoms in total. The maximum absolute atomic E-state index is 11.3. The molecular weight excluding hydrogens is 204 g/mol. The van der Waals surface area contributed by atoms with Crippen LogP contribution in [-0.2, 0) is 4.79 Å². The number of rotatable bonds is 3. The van der Waals surface area contributed by atoms with Crippen LogP contribution in [0.2, 0.25) is 0 Å².